The van der Waals surface area contributed by atoms with Crippen LogP contribution in [0.5, 0.6) is 5.75 Å². The average molecular weight is 299 g/mol. The summed E-state index contributed by atoms with van der Waals surface area (Å²) in [6.45, 7) is 3.97. The second kappa shape index (κ2) is 5.84. The molecular formula is C17H17NO2S. The Bertz CT molecular complexity index is 751. The van der Waals surface area contributed by atoms with E-state index in [4.69, 9.17) is 4.74 Å². The number of aliphatic hydroxyl groups excluding tert-OH is 1. The summed E-state index contributed by atoms with van der Waals surface area (Å²) in [6, 6.07) is 11.5. The molecule has 0 aliphatic rings. The quantitative estimate of drug-likeness (QED) is 0.786. The van der Waals surface area contributed by atoms with Crippen molar-refractivity contribution >= 4 is 21.6 Å². The van der Waals surface area contributed by atoms with Gasteiger partial charge >= 0.3 is 0 Å². The molecule has 0 aliphatic heterocycles. The fourth-order valence-corrected chi connectivity index (χ4v) is 3.02. The highest BCUT2D eigenvalue weighted by atomic mass is 32.1. The summed E-state index contributed by atoms with van der Waals surface area (Å²) < 4.78 is 6.76. The minimum Gasteiger partial charge on any atom is -0.491 e. The third-order valence-corrected chi connectivity index (χ3v) is 4.04. The van der Waals surface area contributed by atoms with Gasteiger partial charge in [-0.1, -0.05) is 12.1 Å². The summed E-state index contributed by atoms with van der Waals surface area (Å²) in [4.78, 5) is 4.38. The van der Waals surface area contributed by atoms with Gasteiger partial charge in [-0.3, -0.25) is 4.98 Å². The molecule has 0 fully saturated rings. The van der Waals surface area contributed by atoms with Gasteiger partial charge in [-0.2, -0.15) is 0 Å². The first-order chi connectivity index (χ1) is 10.1. The van der Waals surface area contributed by atoms with Crippen LogP contribution in [0.1, 0.15) is 31.1 Å². The molecular weight excluding hydrogens is 282 g/mol. The minimum atomic E-state index is -0.695. The smallest absolute Gasteiger partial charge is 0.120 e. The van der Waals surface area contributed by atoms with Gasteiger partial charge < -0.3 is 9.84 Å². The molecule has 0 radical (unpaired) electrons. The SMILES string of the molecule is CC(C)Oc1cccc(C(O)c2cnc3ccsc3c2)c1. The maximum atomic E-state index is 10.6. The van der Waals surface area contributed by atoms with E-state index in [2.05, 4.69) is 4.98 Å². The summed E-state index contributed by atoms with van der Waals surface area (Å²) in [5, 5.41) is 12.6. The molecule has 0 bridgehead atoms. The molecule has 0 aliphatic carbocycles. The second-order valence-corrected chi connectivity index (χ2v) is 6.16. The van der Waals surface area contributed by atoms with Gasteiger partial charge in [0.05, 0.1) is 16.3 Å². The molecule has 1 unspecified atom stereocenters. The fourth-order valence-electron chi connectivity index (χ4n) is 2.23. The van der Waals surface area contributed by atoms with Crippen molar-refractivity contribution in [3.05, 3.63) is 59.1 Å². The number of hydrogen-bond acceptors (Lipinski definition) is 4. The largest absolute Gasteiger partial charge is 0.491 e. The average Bonchev–Trinajstić information content (AvgIpc) is 2.93. The summed E-state index contributed by atoms with van der Waals surface area (Å²) in [5.74, 6) is 0.770. The number of thiophene rings is 1. The zero-order valence-corrected chi connectivity index (χ0v) is 12.8. The zero-order chi connectivity index (χ0) is 14.8. The van der Waals surface area contributed by atoms with E-state index in [1.807, 2.05) is 55.6 Å². The van der Waals surface area contributed by atoms with E-state index in [0.29, 0.717) is 0 Å². The third kappa shape index (κ3) is 3.06. The van der Waals surface area contributed by atoms with Gasteiger partial charge in [0, 0.05) is 11.8 Å². The van der Waals surface area contributed by atoms with Crippen LogP contribution < -0.4 is 4.74 Å². The lowest BCUT2D eigenvalue weighted by Gasteiger charge is -2.14. The number of pyridine rings is 1. The number of aliphatic hydroxyl groups is 1. The molecule has 1 aromatic carbocycles. The molecule has 2 aromatic heterocycles. The first-order valence-corrected chi connectivity index (χ1v) is 7.79. The Morgan fingerprint density at radius 3 is 2.81 bits per heavy atom. The molecule has 0 amide bonds. The summed E-state index contributed by atoms with van der Waals surface area (Å²) in [6.07, 6.45) is 1.15. The number of hydrogen-bond donors (Lipinski definition) is 1. The van der Waals surface area contributed by atoms with Crippen molar-refractivity contribution in [3.63, 3.8) is 0 Å². The molecule has 1 atom stereocenters. The highest BCUT2D eigenvalue weighted by Crippen LogP contribution is 2.28. The van der Waals surface area contributed by atoms with Crippen molar-refractivity contribution in [3.8, 4) is 5.75 Å². The Kier molecular flexibility index (Phi) is 3.90. The van der Waals surface area contributed by atoms with Crippen LogP contribution in [0.4, 0.5) is 0 Å². The maximum absolute atomic E-state index is 10.6. The Morgan fingerprint density at radius 1 is 1.14 bits per heavy atom. The van der Waals surface area contributed by atoms with Crippen LogP contribution in [-0.2, 0) is 0 Å². The first kappa shape index (κ1) is 14.0. The van der Waals surface area contributed by atoms with Crippen LogP contribution in [0, 0.1) is 0 Å². The number of rotatable bonds is 4. The minimum absolute atomic E-state index is 0.113. The van der Waals surface area contributed by atoms with Gasteiger partial charge in [0.25, 0.3) is 0 Å². The summed E-state index contributed by atoms with van der Waals surface area (Å²) in [5.41, 5.74) is 2.57. The lowest BCUT2D eigenvalue weighted by Crippen LogP contribution is -2.06. The van der Waals surface area contributed by atoms with E-state index in [1.54, 1.807) is 17.5 Å². The standard InChI is InChI=1S/C17H17NO2S/c1-11(2)20-14-5-3-4-12(8-14)17(19)13-9-16-15(18-10-13)6-7-21-16/h3-11,17,19H,1-2H3. The van der Waals surface area contributed by atoms with Crippen LogP contribution in [0.2, 0.25) is 0 Å². The summed E-state index contributed by atoms with van der Waals surface area (Å²) >= 11 is 1.63. The molecule has 1 N–H and O–H groups in total. The van der Waals surface area contributed by atoms with E-state index in [0.717, 1.165) is 27.1 Å². The van der Waals surface area contributed by atoms with Crippen molar-refractivity contribution in [1.82, 2.24) is 4.98 Å². The Morgan fingerprint density at radius 2 is 2.00 bits per heavy atom. The number of aromatic nitrogens is 1. The third-order valence-electron chi connectivity index (χ3n) is 3.19. The van der Waals surface area contributed by atoms with Gasteiger partial charge in [0.1, 0.15) is 11.9 Å². The molecule has 21 heavy (non-hydrogen) atoms. The summed E-state index contributed by atoms with van der Waals surface area (Å²) in [7, 11) is 0. The van der Waals surface area contributed by atoms with Crippen molar-refractivity contribution in [2.24, 2.45) is 0 Å². The van der Waals surface area contributed by atoms with Crippen LogP contribution in [0.15, 0.2) is 48.0 Å². The molecule has 0 spiro atoms. The van der Waals surface area contributed by atoms with Crippen LogP contribution in [0.3, 0.4) is 0 Å². The maximum Gasteiger partial charge on any atom is 0.120 e. The van der Waals surface area contributed by atoms with Crippen molar-refractivity contribution in [2.45, 2.75) is 26.1 Å². The lowest BCUT2D eigenvalue weighted by molar-refractivity contribution is 0.216. The second-order valence-electron chi connectivity index (χ2n) is 5.21. The molecule has 0 saturated heterocycles. The lowest BCUT2D eigenvalue weighted by atomic mass is 10.0. The van der Waals surface area contributed by atoms with Crippen LogP contribution in [0.25, 0.3) is 10.2 Å². The molecule has 2 heterocycles. The van der Waals surface area contributed by atoms with Gasteiger partial charge in [-0.25, -0.2) is 0 Å². The Labute approximate surface area is 127 Å². The van der Waals surface area contributed by atoms with Crippen molar-refractivity contribution in [1.29, 1.82) is 0 Å². The molecule has 3 rings (SSSR count). The van der Waals surface area contributed by atoms with Crippen molar-refractivity contribution in [2.75, 3.05) is 0 Å². The predicted molar refractivity (Wildman–Crippen MR) is 85.9 cm³/mol. The number of fused-ring (bicyclic) bond motifs is 1. The number of ether oxygens (including phenoxy) is 1. The normalized spacial score (nSPS) is 12.8. The highest BCUT2D eigenvalue weighted by molar-refractivity contribution is 7.17. The molecule has 3 nitrogen and oxygen atoms in total. The van der Waals surface area contributed by atoms with Gasteiger partial charge in [-0.05, 0) is 49.1 Å². The van der Waals surface area contributed by atoms with Crippen molar-refractivity contribution < 1.29 is 9.84 Å². The Hall–Kier alpha value is -1.91. The van der Waals surface area contributed by atoms with E-state index in [1.165, 1.54) is 0 Å². The topological polar surface area (TPSA) is 42.4 Å². The highest BCUT2D eigenvalue weighted by Gasteiger charge is 2.13. The van der Waals surface area contributed by atoms with Crippen LogP contribution >= 0.6 is 11.3 Å². The zero-order valence-electron chi connectivity index (χ0n) is 12.0. The van der Waals surface area contributed by atoms with E-state index in [9.17, 15) is 5.11 Å². The van der Waals surface area contributed by atoms with E-state index < -0.39 is 6.10 Å². The predicted octanol–water partition coefficient (Wildman–Crippen LogP) is 4.17. The van der Waals surface area contributed by atoms with E-state index >= 15 is 0 Å². The molecule has 108 valence electrons. The number of benzene rings is 1. The monoisotopic (exact) mass is 299 g/mol. The molecule has 0 saturated carbocycles. The molecule has 3 aromatic rings. The first-order valence-electron chi connectivity index (χ1n) is 6.91. The van der Waals surface area contributed by atoms with E-state index in [-0.39, 0.29) is 6.10 Å². The van der Waals surface area contributed by atoms with Gasteiger partial charge in [-0.15, -0.1) is 11.3 Å². The van der Waals surface area contributed by atoms with Gasteiger partial charge in [0.2, 0.25) is 0 Å². The fraction of sp³-hybridized carbons (Fsp3) is 0.235. The van der Waals surface area contributed by atoms with Gasteiger partial charge in [0.15, 0.2) is 0 Å². The number of nitrogens with zero attached hydrogens (tertiary/aromatic N) is 1. The van der Waals surface area contributed by atoms with Crippen LogP contribution in [-0.4, -0.2) is 16.2 Å². The molecule has 4 heteroatoms. The Balaban J connectivity index is 1.91.